The fraction of sp³-hybridized carbons (Fsp3) is 0.250. The topological polar surface area (TPSA) is 132 Å². The van der Waals surface area contributed by atoms with E-state index in [1.165, 1.54) is 23.7 Å². The number of nitrogens with zero attached hydrogens (tertiary/aromatic N) is 8. The first-order chi connectivity index (χ1) is 16.7. The van der Waals surface area contributed by atoms with Crippen molar-refractivity contribution in [2.24, 2.45) is 0 Å². The van der Waals surface area contributed by atoms with Gasteiger partial charge in [0.15, 0.2) is 17.3 Å². The standard InChI is InChI=1S/C20H17F3N10OS/c1-10-3-4-15(35-10)14-7-24-18-13(33-16(28-30-31-33)6-20(21,22)23)5-12(8-32(14)18)19(34)27-11(2)17-25-9-26-29-17/h3-5,7-9,11H,6H2,1-2H3,(H,27,34)(H,25,26,29). The van der Waals surface area contributed by atoms with Crippen LogP contribution in [-0.4, -0.2) is 56.9 Å². The zero-order valence-electron chi connectivity index (χ0n) is 18.3. The first kappa shape index (κ1) is 22.6. The van der Waals surface area contributed by atoms with Crippen molar-refractivity contribution in [2.75, 3.05) is 0 Å². The minimum atomic E-state index is -4.53. The van der Waals surface area contributed by atoms with Crippen LogP contribution in [0.4, 0.5) is 13.2 Å². The number of halogens is 3. The van der Waals surface area contributed by atoms with E-state index in [9.17, 15) is 18.0 Å². The zero-order chi connectivity index (χ0) is 24.7. The molecule has 1 amide bonds. The van der Waals surface area contributed by atoms with Gasteiger partial charge in [-0.3, -0.25) is 9.20 Å². The summed E-state index contributed by atoms with van der Waals surface area (Å²) in [6.07, 6.45) is -1.31. The van der Waals surface area contributed by atoms with Crippen molar-refractivity contribution in [2.45, 2.75) is 32.5 Å². The molecule has 0 aliphatic carbocycles. The molecule has 1 atom stereocenters. The summed E-state index contributed by atoms with van der Waals surface area (Å²) < 4.78 is 42.0. The van der Waals surface area contributed by atoms with Crippen LogP contribution in [-0.2, 0) is 6.42 Å². The third kappa shape index (κ3) is 4.49. The number of rotatable bonds is 6. The number of hydrogen-bond donors (Lipinski definition) is 2. The molecule has 0 aromatic carbocycles. The van der Waals surface area contributed by atoms with E-state index in [0.29, 0.717) is 17.2 Å². The number of carbonyl (C=O) groups is 1. The number of nitrogens with one attached hydrogen (secondary N) is 2. The van der Waals surface area contributed by atoms with Crippen molar-refractivity contribution >= 4 is 22.9 Å². The van der Waals surface area contributed by atoms with Crippen molar-refractivity contribution in [1.29, 1.82) is 0 Å². The number of aryl methyl sites for hydroxylation is 1. The SMILES string of the molecule is Cc1ccc(-c2cnc3c(-n4nnnc4CC(F)(F)F)cc(C(=O)NC(C)c4nnc[nH]4)cn23)s1. The maximum atomic E-state index is 13.2. The third-order valence-electron chi connectivity index (χ3n) is 5.16. The Morgan fingerprint density at radius 3 is 2.80 bits per heavy atom. The number of pyridine rings is 1. The molecule has 11 nitrogen and oxygen atoms in total. The Hall–Kier alpha value is -4.14. The Balaban J connectivity index is 1.64. The molecule has 2 N–H and O–H groups in total. The van der Waals surface area contributed by atoms with Gasteiger partial charge in [-0.05, 0) is 42.5 Å². The van der Waals surface area contributed by atoms with Crippen LogP contribution in [0, 0.1) is 6.92 Å². The Morgan fingerprint density at radius 2 is 2.11 bits per heavy atom. The van der Waals surface area contributed by atoms with E-state index in [1.54, 1.807) is 23.7 Å². The van der Waals surface area contributed by atoms with Crippen molar-refractivity contribution in [3.63, 3.8) is 0 Å². The predicted molar refractivity (Wildman–Crippen MR) is 118 cm³/mol. The van der Waals surface area contributed by atoms with E-state index >= 15 is 0 Å². The van der Waals surface area contributed by atoms with Gasteiger partial charge in [-0.15, -0.1) is 26.6 Å². The summed E-state index contributed by atoms with van der Waals surface area (Å²) in [5.74, 6) is -0.460. The predicted octanol–water partition coefficient (Wildman–Crippen LogP) is 3.06. The number of aromatic amines is 1. The van der Waals surface area contributed by atoms with Gasteiger partial charge >= 0.3 is 6.18 Å². The molecule has 0 aliphatic rings. The fourth-order valence-corrected chi connectivity index (χ4v) is 4.44. The highest BCUT2D eigenvalue weighted by atomic mass is 32.1. The minimum absolute atomic E-state index is 0.133. The van der Waals surface area contributed by atoms with Crippen LogP contribution in [0.5, 0.6) is 0 Å². The Morgan fingerprint density at radius 1 is 1.29 bits per heavy atom. The van der Waals surface area contributed by atoms with E-state index in [2.05, 4.69) is 41.0 Å². The second-order valence-corrected chi connectivity index (χ2v) is 9.02. The van der Waals surface area contributed by atoms with Crippen molar-refractivity contribution < 1.29 is 18.0 Å². The molecule has 0 radical (unpaired) electrons. The molecule has 5 heterocycles. The molecule has 0 saturated carbocycles. The van der Waals surface area contributed by atoms with E-state index in [-0.39, 0.29) is 11.3 Å². The van der Waals surface area contributed by atoms with Crippen molar-refractivity contribution in [3.8, 4) is 16.3 Å². The molecule has 0 spiro atoms. The number of fused-ring (bicyclic) bond motifs is 1. The highest BCUT2D eigenvalue weighted by Gasteiger charge is 2.32. The number of amides is 1. The first-order valence-electron chi connectivity index (χ1n) is 10.3. The molecule has 35 heavy (non-hydrogen) atoms. The monoisotopic (exact) mass is 502 g/mol. The van der Waals surface area contributed by atoms with Gasteiger partial charge in [0.25, 0.3) is 5.91 Å². The smallest absolute Gasteiger partial charge is 0.342 e. The number of H-pyrrole nitrogens is 1. The van der Waals surface area contributed by atoms with Crippen LogP contribution in [0.2, 0.25) is 0 Å². The van der Waals surface area contributed by atoms with E-state index in [4.69, 9.17) is 0 Å². The first-order valence-corrected chi connectivity index (χ1v) is 11.1. The average molecular weight is 502 g/mol. The maximum absolute atomic E-state index is 13.2. The van der Waals surface area contributed by atoms with Gasteiger partial charge in [-0.2, -0.15) is 17.9 Å². The maximum Gasteiger partial charge on any atom is 0.396 e. The van der Waals surface area contributed by atoms with Crippen LogP contribution >= 0.6 is 11.3 Å². The van der Waals surface area contributed by atoms with Gasteiger partial charge in [0.2, 0.25) is 0 Å². The van der Waals surface area contributed by atoms with Crippen LogP contribution in [0.15, 0.2) is 36.9 Å². The lowest BCUT2D eigenvalue weighted by Gasteiger charge is -2.14. The van der Waals surface area contributed by atoms with Crippen LogP contribution < -0.4 is 5.32 Å². The second kappa shape index (κ2) is 8.57. The molecule has 0 bridgehead atoms. The Labute approximate surface area is 199 Å². The normalized spacial score (nSPS) is 12.8. The molecule has 180 valence electrons. The van der Waals surface area contributed by atoms with Gasteiger partial charge in [0.1, 0.15) is 18.4 Å². The quantitative estimate of drug-likeness (QED) is 0.365. The van der Waals surface area contributed by atoms with E-state index < -0.39 is 30.4 Å². The van der Waals surface area contributed by atoms with Crippen LogP contribution in [0.1, 0.15) is 39.8 Å². The summed E-state index contributed by atoms with van der Waals surface area (Å²) in [4.78, 5) is 22.3. The van der Waals surface area contributed by atoms with Gasteiger partial charge < -0.3 is 10.3 Å². The third-order valence-corrected chi connectivity index (χ3v) is 6.18. The largest absolute Gasteiger partial charge is 0.396 e. The number of carbonyl (C=O) groups excluding carboxylic acids is 1. The molecule has 0 saturated heterocycles. The van der Waals surface area contributed by atoms with Crippen LogP contribution in [0.3, 0.4) is 0 Å². The van der Waals surface area contributed by atoms with Crippen molar-refractivity contribution in [1.82, 2.24) is 50.1 Å². The second-order valence-electron chi connectivity index (χ2n) is 7.73. The average Bonchev–Trinajstić information content (AvgIpc) is 3.58. The van der Waals surface area contributed by atoms with Gasteiger partial charge in [-0.25, -0.2) is 4.98 Å². The van der Waals surface area contributed by atoms with Gasteiger partial charge in [0, 0.05) is 11.1 Å². The van der Waals surface area contributed by atoms with Gasteiger partial charge in [-0.1, -0.05) is 0 Å². The summed E-state index contributed by atoms with van der Waals surface area (Å²) in [6, 6.07) is 4.76. The Bertz CT molecular complexity index is 1500. The number of hydrogen-bond acceptors (Lipinski definition) is 8. The van der Waals surface area contributed by atoms with Crippen molar-refractivity contribution in [3.05, 3.63) is 59.0 Å². The number of tetrazole rings is 1. The minimum Gasteiger partial charge on any atom is -0.342 e. The highest BCUT2D eigenvalue weighted by molar-refractivity contribution is 7.15. The molecular weight excluding hydrogens is 485 g/mol. The lowest BCUT2D eigenvalue weighted by atomic mass is 10.2. The van der Waals surface area contributed by atoms with E-state index in [0.717, 1.165) is 14.4 Å². The molecule has 5 rings (SSSR count). The molecule has 1 unspecified atom stereocenters. The highest BCUT2D eigenvalue weighted by Crippen LogP contribution is 2.31. The zero-order valence-corrected chi connectivity index (χ0v) is 19.1. The molecule has 5 aromatic rings. The molecular formula is C20H17F3N10OS. The summed E-state index contributed by atoms with van der Waals surface area (Å²) >= 11 is 1.52. The number of thiophene rings is 1. The summed E-state index contributed by atoms with van der Waals surface area (Å²) in [6.45, 7) is 3.68. The van der Waals surface area contributed by atoms with E-state index in [1.807, 2.05) is 19.1 Å². The van der Waals surface area contributed by atoms with Gasteiger partial charge in [0.05, 0.1) is 28.4 Å². The number of alkyl halides is 3. The Kier molecular flexibility index (Phi) is 5.55. The summed E-state index contributed by atoms with van der Waals surface area (Å²) in [5.41, 5.74) is 1.26. The lowest BCUT2D eigenvalue weighted by Crippen LogP contribution is -2.28. The summed E-state index contributed by atoms with van der Waals surface area (Å²) in [7, 11) is 0. The number of imidazole rings is 1. The summed E-state index contributed by atoms with van der Waals surface area (Å²) in [5, 5.41) is 21.1. The molecule has 15 heteroatoms. The molecule has 5 aromatic heterocycles. The van der Waals surface area contributed by atoms with Crippen LogP contribution in [0.25, 0.3) is 21.9 Å². The number of aromatic nitrogens is 9. The molecule has 0 aliphatic heterocycles. The fourth-order valence-electron chi connectivity index (χ4n) is 3.56. The molecule has 0 fully saturated rings. The lowest BCUT2D eigenvalue weighted by molar-refractivity contribution is -0.128.